The summed E-state index contributed by atoms with van der Waals surface area (Å²) in [5.74, 6) is 0.589. The molecular weight excluding hydrogens is 395 g/mol. The average Bonchev–Trinajstić information content (AvgIpc) is 3.11. The molecule has 4 aromatic rings. The van der Waals surface area contributed by atoms with Gasteiger partial charge in [-0.2, -0.15) is 18.3 Å². The molecule has 0 aliphatic heterocycles. The van der Waals surface area contributed by atoms with E-state index >= 15 is 0 Å². The molecule has 5 nitrogen and oxygen atoms in total. The number of ether oxygens (including phenoxy) is 1. The van der Waals surface area contributed by atoms with Gasteiger partial charge >= 0.3 is 6.18 Å². The SMILES string of the molecule is ON=Cc1nn(-c2ccc(C(F)(F)F)cc2)c2ccc(OCc3ccccc3)cc12. The van der Waals surface area contributed by atoms with Crippen LogP contribution in [-0.2, 0) is 12.8 Å². The number of rotatable bonds is 5. The number of alkyl halides is 3. The molecule has 0 aliphatic carbocycles. The predicted molar refractivity (Wildman–Crippen MR) is 106 cm³/mol. The zero-order chi connectivity index (χ0) is 21.1. The van der Waals surface area contributed by atoms with E-state index in [9.17, 15) is 13.2 Å². The molecule has 1 heterocycles. The van der Waals surface area contributed by atoms with Crippen molar-refractivity contribution in [2.75, 3.05) is 0 Å². The molecular formula is C22H16F3N3O2. The molecule has 4 rings (SSSR count). The first-order valence-electron chi connectivity index (χ1n) is 9.00. The van der Waals surface area contributed by atoms with Gasteiger partial charge in [0.05, 0.1) is 23.0 Å². The van der Waals surface area contributed by atoms with Gasteiger partial charge in [-0.05, 0) is 48.0 Å². The van der Waals surface area contributed by atoms with Gasteiger partial charge in [-0.25, -0.2) is 4.68 Å². The molecule has 0 saturated heterocycles. The summed E-state index contributed by atoms with van der Waals surface area (Å²) < 4.78 is 45.8. The average molecular weight is 411 g/mol. The highest BCUT2D eigenvalue weighted by atomic mass is 19.4. The van der Waals surface area contributed by atoms with E-state index < -0.39 is 11.7 Å². The van der Waals surface area contributed by atoms with Gasteiger partial charge in [-0.1, -0.05) is 35.5 Å². The Morgan fingerprint density at radius 3 is 2.40 bits per heavy atom. The number of halogens is 3. The Balaban J connectivity index is 1.69. The lowest BCUT2D eigenvalue weighted by molar-refractivity contribution is -0.137. The highest BCUT2D eigenvalue weighted by molar-refractivity contribution is 5.98. The van der Waals surface area contributed by atoms with Crippen molar-refractivity contribution in [3.63, 3.8) is 0 Å². The van der Waals surface area contributed by atoms with Crippen molar-refractivity contribution in [2.24, 2.45) is 5.16 Å². The summed E-state index contributed by atoms with van der Waals surface area (Å²) in [6, 6.07) is 19.6. The van der Waals surface area contributed by atoms with Gasteiger partial charge in [0, 0.05) is 5.39 Å². The molecule has 0 spiro atoms. The Hall–Kier alpha value is -3.81. The Kier molecular flexibility index (Phi) is 5.14. The minimum absolute atomic E-state index is 0.359. The number of hydrogen-bond donors (Lipinski definition) is 1. The molecule has 1 aromatic heterocycles. The first-order valence-corrected chi connectivity index (χ1v) is 9.00. The maximum Gasteiger partial charge on any atom is 0.416 e. The van der Waals surface area contributed by atoms with Gasteiger partial charge < -0.3 is 9.94 Å². The van der Waals surface area contributed by atoms with Crippen molar-refractivity contribution in [1.29, 1.82) is 0 Å². The molecule has 1 N–H and O–H groups in total. The summed E-state index contributed by atoms with van der Waals surface area (Å²) in [6.45, 7) is 0.378. The highest BCUT2D eigenvalue weighted by Crippen LogP contribution is 2.31. The lowest BCUT2D eigenvalue weighted by Crippen LogP contribution is -2.05. The van der Waals surface area contributed by atoms with Crippen LogP contribution in [0.2, 0.25) is 0 Å². The van der Waals surface area contributed by atoms with Gasteiger partial charge in [0.1, 0.15) is 18.1 Å². The second-order valence-corrected chi connectivity index (χ2v) is 6.54. The molecule has 0 fully saturated rings. The van der Waals surface area contributed by atoms with Crippen LogP contribution in [0.15, 0.2) is 78.0 Å². The first-order chi connectivity index (χ1) is 14.5. The van der Waals surface area contributed by atoms with E-state index in [-0.39, 0.29) is 0 Å². The fourth-order valence-electron chi connectivity index (χ4n) is 3.09. The summed E-state index contributed by atoms with van der Waals surface area (Å²) in [6.07, 6.45) is -3.24. The zero-order valence-electron chi connectivity index (χ0n) is 15.5. The summed E-state index contributed by atoms with van der Waals surface area (Å²) in [7, 11) is 0. The zero-order valence-corrected chi connectivity index (χ0v) is 15.5. The van der Waals surface area contributed by atoms with Gasteiger partial charge in [0.25, 0.3) is 0 Å². The molecule has 0 radical (unpaired) electrons. The Labute approximate surface area is 169 Å². The van der Waals surface area contributed by atoms with Crippen molar-refractivity contribution >= 4 is 17.1 Å². The van der Waals surface area contributed by atoms with Crippen molar-refractivity contribution in [3.8, 4) is 11.4 Å². The van der Waals surface area contributed by atoms with E-state index in [1.165, 1.54) is 23.0 Å². The molecule has 0 amide bonds. The van der Waals surface area contributed by atoms with Crippen molar-refractivity contribution < 1.29 is 23.1 Å². The standard InChI is InChI=1S/C22H16F3N3O2/c23-22(24,25)16-6-8-17(9-7-16)28-21-11-10-18(12-19(21)20(27-28)13-26-29)30-14-15-4-2-1-3-5-15/h1-13,29H,14H2. The summed E-state index contributed by atoms with van der Waals surface area (Å²) >= 11 is 0. The van der Waals surface area contributed by atoms with Crippen molar-refractivity contribution in [1.82, 2.24) is 9.78 Å². The lowest BCUT2D eigenvalue weighted by Gasteiger charge is -2.09. The first kappa shape index (κ1) is 19.5. The summed E-state index contributed by atoms with van der Waals surface area (Å²) in [5, 5.41) is 17.0. The molecule has 3 aromatic carbocycles. The van der Waals surface area contributed by atoms with E-state index in [1.54, 1.807) is 18.2 Å². The van der Waals surface area contributed by atoms with Crippen LogP contribution < -0.4 is 4.74 Å². The fourth-order valence-corrected chi connectivity index (χ4v) is 3.09. The van der Waals surface area contributed by atoms with Crippen LogP contribution in [0.1, 0.15) is 16.8 Å². The van der Waals surface area contributed by atoms with Crippen molar-refractivity contribution in [2.45, 2.75) is 12.8 Å². The Bertz CT molecular complexity index is 1180. The molecule has 0 unspecified atom stereocenters. The maximum atomic E-state index is 12.8. The predicted octanol–water partition coefficient (Wildman–Crippen LogP) is 5.43. The van der Waals surface area contributed by atoms with E-state index in [2.05, 4.69) is 10.3 Å². The minimum Gasteiger partial charge on any atom is -0.489 e. The van der Waals surface area contributed by atoms with E-state index in [0.717, 1.165) is 17.7 Å². The molecule has 8 heteroatoms. The van der Waals surface area contributed by atoms with Crippen LogP contribution in [0, 0.1) is 0 Å². The smallest absolute Gasteiger partial charge is 0.416 e. The second kappa shape index (κ2) is 7.90. The summed E-state index contributed by atoms with van der Waals surface area (Å²) in [5.41, 5.74) is 1.71. The molecule has 152 valence electrons. The third-order valence-corrected chi connectivity index (χ3v) is 4.55. The second-order valence-electron chi connectivity index (χ2n) is 6.54. The fraction of sp³-hybridized carbons (Fsp3) is 0.0909. The van der Waals surface area contributed by atoms with Crippen molar-refractivity contribution in [3.05, 3.63) is 89.6 Å². The van der Waals surface area contributed by atoms with Crippen LogP contribution >= 0.6 is 0 Å². The third kappa shape index (κ3) is 3.98. The quantitative estimate of drug-likeness (QED) is 0.271. The molecule has 0 atom stereocenters. The normalized spacial score (nSPS) is 12.0. The largest absolute Gasteiger partial charge is 0.489 e. The molecule has 30 heavy (non-hydrogen) atoms. The van der Waals surface area contributed by atoms with Gasteiger partial charge in [0.15, 0.2) is 0 Å². The summed E-state index contributed by atoms with van der Waals surface area (Å²) in [4.78, 5) is 0. The monoisotopic (exact) mass is 411 g/mol. The van der Waals surface area contributed by atoms with E-state index in [4.69, 9.17) is 9.94 Å². The third-order valence-electron chi connectivity index (χ3n) is 4.55. The maximum absolute atomic E-state index is 12.8. The lowest BCUT2D eigenvalue weighted by atomic mass is 10.2. The van der Waals surface area contributed by atoms with Crippen LogP contribution in [0.4, 0.5) is 13.2 Å². The molecule has 0 aliphatic rings. The molecule has 0 bridgehead atoms. The van der Waals surface area contributed by atoms with Gasteiger partial charge in [-0.3, -0.25) is 0 Å². The number of nitrogens with zero attached hydrogens (tertiary/aromatic N) is 3. The topological polar surface area (TPSA) is 59.6 Å². The number of aromatic nitrogens is 2. The Morgan fingerprint density at radius 2 is 1.73 bits per heavy atom. The molecule has 0 saturated carbocycles. The number of benzene rings is 3. The number of hydrogen-bond acceptors (Lipinski definition) is 4. The Morgan fingerprint density at radius 1 is 1.00 bits per heavy atom. The highest BCUT2D eigenvalue weighted by Gasteiger charge is 2.30. The number of oxime groups is 1. The van der Waals surface area contributed by atoms with Crippen LogP contribution in [0.3, 0.4) is 0 Å². The van der Waals surface area contributed by atoms with E-state index in [0.29, 0.717) is 34.6 Å². The van der Waals surface area contributed by atoms with Crippen LogP contribution in [-0.4, -0.2) is 21.2 Å². The minimum atomic E-state index is -4.41. The van der Waals surface area contributed by atoms with Gasteiger partial charge in [0.2, 0.25) is 0 Å². The van der Waals surface area contributed by atoms with Crippen LogP contribution in [0.25, 0.3) is 16.6 Å². The van der Waals surface area contributed by atoms with Gasteiger partial charge in [-0.15, -0.1) is 0 Å². The van der Waals surface area contributed by atoms with Crippen LogP contribution in [0.5, 0.6) is 5.75 Å². The number of fused-ring (bicyclic) bond motifs is 1. The van der Waals surface area contributed by atoms with E-state index in [1.807, 2.05) is 30.3 Å².